The van der Waals surface area contributed by atoms with Gasteiger partial charge in [-0.15, -0.1) is 0 Å². The van der Waals surface area contributed by atoms with Crippen LogP contribution in [0.2, 0.25) is 0 Å². The average Bonchev–Trinajstić information content (AvgIpc) is 2.37. The van der Waals surface area contributed by atoms with E-state index < -0.39 is 33.7 Å². The van der Waals surface area contributed by atoms with E-state index in [1.54, 1.807) is 0 Å². The van der Waals surface area contributed by atoms with Gasteiger partial charge in [0.25, 0.3) is 0 Å². The predicted molar refractivity (Wildman–Crippen MR) is 70.8 cm³/mol. The molecule has 0 amide bonds. The van der Waals surface area contributed by atoms with E-state index in [2.05, 4.69) is 4.72 Å². The molecule has 0 radical (unpaired) electrons. The van der Waals surface area contributed by atoms with Crippen molar-refractivity contribution in [3.05, 3.63) is 29.8 Å². The molecule has 1 aromatic carbocycles. The maximum atomic E-state index is 13.0. The van der Waals surface area contributed by atoms with Crippen LogP contribution in [0.4, 0.5) is 14.5 Å². The third-order valence-electron chi connectivity index (χ3n) is 3.18. The van der Waals surface area contributed by atoms with E-state index in [9.17, 15) is 22.0 Å². The summed E-state index contributed by atoms with van der Waals surface area (Å²) in [7, 11) is -4.05. The second-order valence-electron chi connectivity index (χ2n) is 4.80. The minimum absolute atomic E-state index is 0.164. The molecule has 21 heavy (non-hydrogen) atoms. The standard InChI is InChI=1S/C12H14F2N2O4S/c13-9-4-10(14)6-11(5-9)15-21(19,20)16-3-1-2-8(7-16)12(17)18/h4-6,8,15H,1-3,7H2,(H,17,18). The fraction of sp³-hybridized carbons (Fsp3) is 0.417. The summed E-state index contributed by atoms with van der Waals surface area (Å²) in [4.78, 5) is 10.9. The number of piperidine rings is 1. The van der Waals surface area contributed by atoms with Gasteiger partial charge in [-0.2, -0.15) is 12.7 Å². The molecule has 9 heteroatoms. The van der Waals surface area contributed by atoms with Crippen LogP contribution < -0.4 is 4.72 Å². The smallest absolute Gasteiger partial charge is 0.307 e. The Bertz CT molecular complexity index is 630. The third-order valence-corrected chi connectivity index (χ3v) is 4.69. The van der Waals surface area contributed by atoms with Gasteiger partial charge in [0.05, 0.1) is 11.6 Å². The summed E-state index contributed by atoms with van der Waals surface area (Å²) in [6, 6.07) is 2.32. The molecule has 1 heterocycles. The number of carboxylic acid groups (broad SMARTS) is 1. The molecular formula is C12H14F2N2O4S. The largest absolute Gasteiger partial charge is 0.481 e. The van der Waals surface area contributed by atoms with Crippen molar-refractivity contribution in [2.45, 2.75) is 12.8 Å². The van der Waals surface area contributed by atoms with Crippen molar-refractivity contribution < 1.29 is 27.1 Å². The van der Waals surface area contributed by atoms with E-state index in [-0.39, 0.29) is 18.8 Å². The Morgan fingerprint density at radius 1 is 1.29 bits per heavy atom. The Kier molecular flexibility index (Phi) is 4.43. The molecule has 6 nitrogen and oxygen atoms in total. The van der Waals surface area contributed by atoms with Crippen LogP contribution in [-0.2, 0) is 15.0 Å². The molecule has 1 aromatic rings. The van der Waals surface area contributed by atoms with Crippen molar-refractivity contribution in [2.24, 2.45) is 5.92 Å². The van der Waals surface area contributed by atoms with Gasteiger partial charge in [0, 0.05) is 19.2 Å². The lowest BCUT2D eigenvalue weighted by Crippen LogP contribution is -2.44. The first-order valence-electron chi connectivity index (χ1n) is 6.25. The Labute approximate surface area is 120 Å². The second-order valence-corrected chi connectivity index (χ2v) is 6.47. The average molecular weight is 320 g/mol. The highest BCUT2D eigenvalue weighted by molar-refractivity contribution is 7.90. The quantitative estimate of drug-likeness (QED) is 0.878. The molecule has 0 bridgehead atoms. The van der Waals surface area contributed by atoms with Crippen molar-refractivity contribution in [1.29, 1.82) is 0 Å². The van der Waals surface area contributed by atoms with Crippen molar-refractivity contribution in [3.8, 4) is 0 Å². The molecule has 116 valence electrons. The summed E-state index contributed by atoms with van der Waals surface area (Å²) >= 11 is 0. The van der Waals surface area contributed by atoms with Crippen LogP contribution in [0.25, 0.3) is 0 Å². The number of benzene rings is 1. The summed E-state index contributed by atoms with van der Waals surface area (Å²) in [6.45, 7) is -0.000619. The van der Waals surface area contributed by atoms with E-state index in [1.807, 2.05) is 0 Å². The Morgan fingerprint density at radius 2 is 1.90 bits per heavy atom. The number of carbonyl (C=O) groups is 1. The first-order chi connectivity index (χ1) is 9.78. The zero-order chi connectivity index (χ0) is 15.6. The van der Waals surface area contributed by atoms with Crippen LogP contribution >= 0.6 is 0 Å². The first-order valence-corrected chi connectivity index (χ1v) is 7.69. The monoisotopic (exact) mass is 320 g/mol. The lowest BCUT2D eigenvalue weighted by molar-refractivity contribution is -0.142. The molecule has 1 aliphatic heterocycles. The first kappa shape index (κ1) is 15.6. The van der Waals surface area contributed by atoms with Gasteiger partial charge in [0.1, 0.15) is 11.6 Å². The number of rotatable bonds is 4. The van der Waals surface area contributed by atoms with Crippen LogP contribution in [-0.4, -0.2) is 36.9 Å². The van der Waals surface area contributed by atoms with Gasteiger partial charge in [-0.05, 0) is 25.0 Å². The van der Waals surface area contributed by atoms with E-state index in [0.29, 0.717) is 18.9 Å². The Balaban J connectivity index is 2.16. The minimum atomic E-state index is -4.05. The minimum Gasteiger partial charge on any atom is -0.481 e. The highest BCUT2D eigenvalue weighted by Crippen LogP contribution is 2.21. The summed E-state index contributed by atoms with van der Waals surface area (Å²) in [5.41, 5.74) is -0.245. The van der Waals surface area contributed by atoms with Gasteiger partial charge in [-0.3, -0.25) is 9.52 Å². The summed E-state index contributed by atoms with van der Waals surface area (Å²) in [6.07, 6.45) is 0.811. The SMILES string of the molecule is O=C(O)C1CCCN(S(=O)(=O)Nc2cc(F)cc(F)c2)C1. The Hall–Kier alpha value is -1.74. The normalized spacial score (nSPS) is 20.2. The van der Waals surface area contributed by atoms with Gasteiger partial charge >= 0.3 is 16.2 Å². The molecule has 1 saturated heterocycles. The van der Waals surface area contributed by atoms with E-state index in [1.165, 1.54) is 0 Å². The van der Waals surface area contributed by atoms with Crippen LogP contribution in [0.3, 0.4) is 0 Å². The molecule has 0 spiro atoms. The molecule has 0 saturated carbocycles. The van der Waals surface area contributed by atoms with Gasteiger partial charge in [-0.25, -0.2) is 8.78 Å². The number of nitrogens with zero attached hydrogens (tertiary/aromatic N) is 1. The molecule has 2 rings (SSSR count). The molecular weight excluding hydrogens is 306 g/mol. The highest BCUT2D eigenvalue weighted by Gasteiger charge is 2.32. The summed E-state index contributed by atoms with van der Waals surface area (Å²) in [5, 5.41) is 8.94. The third kappa shape index (κ3) is 3.88. The summed E-state index contributed by atoms with van der Waals surface area (Å²) < 4.78 is 53.4. The van der Waals surface area contributed by atoms with Crippen molar-refractivity contribution >= 4 is 21.9 Å². The number of halogens is 2. The number of carboxylic acids is 1. The van der Waals surface area contributed by atoms with Crippen molar-refractivity contribution in [3.63, 3.8) is 0 Å². The molecule has 0 aliphatic carbocycles. The van der Waals surface area contributed by atoms with Crippen LogP contribution in [0.1, 0.15) is 12.8 Å². The van der Waals surface area contributed by atoms with Gasteiger partial charge in [-0.1, -0.05) is 0 Å². The zero-order valence-corrected chi connectivity index (χ0v) is 11.7. The lowest BCUT2D eigenvalue weighted by atomic mass is 10.0. The fourth-order valence-corrected chi connectivity index (χ4v) is 3.48. The maximum absolute atomic E-state index is 13.0. The molecule has 1 fully saturated rings. The van der Waals surface area contributed by atoms with Crippen LogP contribution in [0.5, 0.6) is 0 Å². The lowest BCUT2D eigenvalue weighted by Gasteiger charge is -2.29. The fourth-order valence-electron chi connectivity index (χ4n) is 2.19. The maximum Gasteiger partial charge on any atom is 0.307 e. The van der Waals surface area contributed by atoms with Gasteiger partial charge in [0.2, 0.25) is 0 Å². The second kappa shape index (κ2) is 5.94. The Morgan fingerprint density at radius 3 is 2.48 bits per heavy atom. The number of aliphatic carboxylic acids is 1. The number of hydrogen-bond acceptors (Lipinski definition) is 3. The van der Waals surface area contributed by atoms with E-state index >= 15 is 0 Å². The van der Waals surface area contributed by atoms with Crippen LogP contribution in [0.15, 0.2) is 18.2 Å². The topological polar surface area (TPSA) is 86.7 Å². The number of anilines is 1. The number of hydrogen-bond donors (Lipinski definition) is 2. The predicted octanol–water partition coefficient (Wildman–Crippen LogP) is 1.42. The van der Waals surface area contributed by atoms with Crippen molar-refractivity contribution in [1.82, 2.24) is 4.31 Å². The van der Waals surface area contributed by atoms with Crippen LogP contribution in [0, 0.1) is 17.6 Å². The van der Waals surface area contributed by atoms with Crippen molar-refractivity contribution in [2.75, 3.05) is 17.8 Å². The molecule has 0 aromatic heterocycles. The molecule has 2 N–H and O–H groups in total. The molecule has 1 unspecified atom stereocenters. The molecule has 1 aliphatic rings. The van der Waals surface area contributed by atoms with Gasteiger partial charge < -0.3 is 5.11 Å². The number of nitrogens with one attached hydrogen (secondary N) is 1. The zero-order valence-electron chi connectivity index (χ0n) is 10.9. The van der Waals surface area contributed by atoms with E-state index in [4.69, 9.17) is 5.11 Å². The van der Waals surface area contributed by atoms with E-state index in [0.717, 1.165) is 16.4 Å². The van der Waals surface area contributed by atoms with Gasteiger partial charge in [0.15, 0.2) is 0 Å². The highest BCUT2D eigenvalue weighted by atomic mass is 32.2. The summed E-state index contributed by atoms with van der Waals surface area (Å²) in [5.74, 6) is -3.66. The molecule has 1 atom stereocenters.